The van der Waals surface area contributed by atoms with Crippen LogP contribution in [0.25, 0.3) is 0 Å². The molecule has 6 nitrogen and oxygen atoms in total. The maximum atomic E-state index is 12.5. The van der Waals surface area contributed by atoms with E-state index in [4.69, 9.17) is 11.5 Å². The van der Waals surface area contributed by atoms with Crippen LogP contribution in [-0.2, 0) is 0 Å². The highest BCUT2D eigenvalue weighted by Crippen LogP contribution is 2.20. The monoisotopic (exact) mass is 296 g/mol. The fraction of sp³-hybridized carbons (Fsp3) is 0.312. The third kappa shape index (κ3) is 2.92. The molecule has 1 aliphatic rings. The maximum Gasteiger partial charge on any atom is 0.215 e. The highest BCUT2D eigenvalue weighted by atomic mass is 16.1. The predicted octanol–water partition coefficient (Wildman–Crippen LogP) is 1.54. The van der Waals surface area contributed by atoms with Crippen LogP contribution >= 0.6 is 0 Å². The van der Waals surface area contributed by atoms with Crippen molar-refractivity contribution in [1.82, 2.24) is 15.7 Å². The number of ketones is 1. The molecule has 1 fully saturated rings. The largest absolute Gasteiger partial charge is 0.383 e. The summed E-state index contributed by atoms with van der Waals surface area (Å²) in [5.74, 6) is 0.776. The number of anilines is 2. The summed E-state index contributed by atoms with van der Waals surface area (Å²) in [6.45, 7) is 1.60. The Morgan fingerprint density at radius 1 is 1.23 bits per heavy atom. The van der Waals surface area contributed by atoms with Gasteiger partial charge in [-0.2, -0.15) is 0 Å². The lowest BCUT2D eigenvalue weighted by Crippen LogP contribution is -2.37. The minimum atomic E-state index is -0.220. The van der Waals surface area contributed by atoms with E-state index >= 15 is 0 Å². The number of rotatable bonds is 3. The fourth-order valence-corrected chi connectivity index (χ4v) is 2.58. The van der Waals surface area contributed by atoms with E-state index in [1.165, 1.54) is 0 Å². The van der Waals surface area contributed by atoms with E-state index in [2.05, 4.69) is 14.9 Å². The van der Waals surface area contributed by atoms with Gasteiger partial charge in [0.05, 0.1) is 5.56 Å². The predicted molar refractivity (Wildman–Crippen MR) is 84.7 cm³/mol. The molecule has 3 heterocycles. The average molecular weight is 296 g/mol. The lowest BCUT2D eigenvalue weighted by molar-refractivity contribution is 0.103. The number of nitrogens with zero attached hydrogens (tertiary/aromatic N) is 3. The molecule has 0 unspecified atom stereocenters. The molecule has 0 amide bonds. The van der Waals surface area contributed by atoms with Crippen molar-refractivity contribution >= 4 is 17.4 Å². The Morgan fingerprint density at radius 3 is 2.73 bits per heavy atom. The number of nitrogens with two attached hydrogens (primary N) is 1. The zero-order valence-corrected chi connectivity index (χ0v) is 12.2. The van der Waals surface area contributed by atoms with Gasteiger partial charge in [0, 0.05) is 25.3 Å². The molecule has 0 aliphatic carbocycles. The number of carbonyl (C=O) groups is 1. The van der Waals surface area contributed by atoms with Gasteiger partial charge in [0.2, 0.25) is 5.78 Å². The molecule has 1 saturated heterocycles. The number of nitrogens with one attached hydrogen (secondary N) is 1. The van der Waals surface area contributed by atoms with Crippen molar-refractivity contribution in [3.05, 3.63) is 47.8 Å². The second kappa shape index (κ2) is 6.11. The van der Waals surface area contributed by atoms with E-state index in [1.54, 1.807) is 24.4 Å². The molecule has 3 N–H and O–H groups in total. The van der Waals surface area contributed by atoms with Crippen molar-refractivity contribution in [2.45, 2.75) is 18.9 Å². The summed E-state index contributed by atoms with van der Waals surface area (Å²) in [4.78, 5) is 23.1. The molecule has 3 rings (SSSR count). The van der Waals surface area contributed by atoms with Crippen molar-refractivity contribution in [2.24, 2.45) is 0 Å². The average Bonchev–Trinajstić information content (AvgIpc) is 2.55. The Bertz CT molecular complexity index is 680. The minimum Gasteiger partial charge on any atom is -0.383 e. The van der Waals surface area contributed by atoms with Gasteiger partial charge >= 0.3 is 0 Å². The molecular formula is C16H18N5O. The smallest absolute Gasteiger partial charge is 0.215 e. The molecule has 0 saturated carbocycles. The van der Waals surface area contributed by atoms with Crippen molar-refractivity contribution in [1.29, 1.82) is 0 Å². The Labute approximate surface area is 129 Å². The van der Waals surface area contributed by atoms with Gasteiger partial charge in [0.25, 0.3) is 0 Å². The highest BCUT2D eigenvalue weighted by Gasteiger charge is 2.20. The highest BCUT2D eigenvalue weighted by molar-refractivity contribution is 6.10. The summed E-state index contributed by atoms with van der Waals surface area (Å²) in [7, 11) is 0. The SMILES string of the molecule is [NH]C1CCN(c2cccc(C(=O)c3cccnc3N)n2)CC1. The van der Waals surface area contributed by atoms with Gasteiger partial charge in [-0.1, -0.05) is 6.07 Å². The number of hydrogen-bond acceptors (Lipinski definition) is 5. The first-order chi connectivity index (χ1) is 10.6. The van der Waals surface area contributed by atoms with Crippen LogP contribution in [0.1, 0.15) is 28.9 Å². The summed E-state index contributed by atoms with van der Waals surface area (Å²) >= 11 is 0. The summed E-state index contributed by atoms with van der Waals surface area (Å²) in [5, 5.41) is 0. The molecule has 2 aromatic heterocycles. The number of carbonyl (C=O) groups excluding carboxylic acids is 1. The van der Waals surface area contributed by atoms with Gasteiger partial charge in [-0.05, 0) is 37.1 Å². The van der Waals surface area contributed by atoms with Crippen molar-refractivity contribution < 1.29 is 4.79 Å². The number of hydrogen-bond donors (Lipinski definition) is 1. The Morgan fingerprint density at radius 2 is 2.00 bits per heavy atom. The molecule has 1 radical (unpaired) electrons. The van der Waals surface area contributed by atoms with Gasteiger partial charge in [0.1, 0.15) is 17.3 Å². The summed E-state index contributed by atoms with van der Waals surface area (Å²) < 4.78 is 0. The normalized spacial score (nSPS) is 15.8. The van der Waals surface area contributed by atoms with E-state index in [0.717, 1.165) is 31.7 Å². The van der Waals surface area contributed by atoms with Crippen LogP contribution < -0.4 is 16.4 Å². The van der Waals surface area contributed by atoms with E-state index in [0.29, 0.717) is 11.3 Å². The van der Waals surface area contributed by atoms with Crippen LogP contribution in [0.5, 0.6) is 0 Å². The molecule has 22 heavy (non-hydrogen) atoms. The maximum absolute atomic E-state index is 12.5. The number of piperidine rings is 1. The van der Waals surface area contributed by atoms with Gasteiger partial charge in [-0.15, -0.1) is 0 Å². The van der Waals surface area contributed by atoms with Crippen molar-refractivity contribution in [3.63, 3.8) is 0 Å². The van der Waals surface area contributed by atoms with Crippen molar-refractivity contribution in [3.8, 4) is 0 Å². The van der Waals surface area contributed by atoms with Crippen LogP contribution in [0.4, 0.5) is 11.6 Å². The topological polar surface area (TPSA) is 95.9 Å². The molecule has 0 bridgehead atoms. The molecular weight excluding hydrogens is 278 g/mol. The molecule has 2 aromatic rings. The third-order valence-corrected chi connectivity index (χ3v) is 3.87. The van der Waals surface area contributed by atoms with Gasteiger partial charge in [0.15, 0.2) is 0 Å². The second-order valence-electron chi connectivity index (χ2n) is 5.41. The molecule has 113 valence electrons. The van der Waals surface area contributed by atoms with Crippen molar-refractivity contribution in [2.75, 3.05) is 23.7 Å². The van der Waals surface area contributed by atoms with Crippen LogP contribution in [-0.4, -0.2) is 34.9 Å². The quantitative estimate of drug-likeness (QED) is 0.867. The Kier molecular flexibility index (Phi) is 4.02. The molecule has 6 heteroatoms. The van der Waals surface area contributed by atoms with Crippen LogP contribution in [0.2, 0.25) is 0 Å². The number of pyridine rings is 2. The Balaban J connectivity index is 1.85. The second-order valence-corrected chi connectivity index (χ2v) is 5.41. The first-order valence-electron chi connectivity index (χ1n) is 7.33. The van der Waals surface area contributed by atoms with E-state index in [-0.39, 0.29) is 17.6 Å². The zero-order valence-electron chi connectivity index (χ0n) is 12.2. The van der Waals surface area contributed by atoms with Crippen LogP contribution in [0, 0.1) is 0 Å². The molecule has 0 atom stereocenters. The Hall–Kier alpha value is -2.47. The number of nitrogen functional groups attached to an aromatic ring is 1. The summed E-state index contributed by atoms with van der Waals surface area (Å²) in [6, 6.07) is 8.77. The van der Waals surface area contributed by atoms with E-state index in [1.807, 2.05) is 12.1 Å². The lowest BCUT2D eigenvalue weighted by atomic mass is 10.1. The van der Waals surface area contributed by atoms with Gasteiger partial charge in [-0.3, -0.25) is 10.5 Å². The fourth-order valence-electron chi connectivity index (χ4n) is 2.58. The van der Waals surface area contributed by atoms with E-state index < -0.39 is 0 Å². The first-order valence-corrected chi connectivity index (χ1v) is 7.33. The van der Waals surface area contributed by atoms with Gasteiger partial charge in [-0.25, -0.2) is 9.97 Å². The molecule has 0 spiro atoms. The molecule has 1 aliphatic heterocycles. The first kappa shape index (κ1) is 14.5. The lowest BCUT2D eigenvalue weighted by Gasteiger charge is -2.30. The minimum absolute atomic E-state index is 0.0104. The van der Waals surface area contributed by atoms with Gasteiger partial charge < -0.3 is 10.6 Å². The van der Waals surface area contributed by atoms with Crippen LogP contribution in [0.3, 0.4) is 0 Å². The third-order valence-electron chi connectivity index (χ3n) is 3.87. The zero-order chi connectivity index (χ0) is 15.5. The van der Waals surface area contributed by atoms with E-state index in [9.17, 15) is 4.79 Å². The summed E-state index contributed by atoms with van der Waals surface area (Å²) in [5.41, 5.74) is 14.3. The standard InChI is InChI=1S/C16H18N5O/c17-11-6-9-21(10-7-11)14-5-1-4-13(20-14)15(22)12-3-2-8-19-16(12)18/h1-5,8,11,17H,6-7,9-10H2,(H2,18,19). The molecule has 0 aromatic carbocycles. The summed E-state index contributed by atoms with van der Waals surface area (Å²) in [6.07, 6.45) is 3.21. The number of aromatic nitrogens is 2. The van der Waals surface area contributed by atoms with Crippen LogP contribution in [0.15, 0.2) is 36.5 Å².